The van der Waals surface area contributed by atoms with E-state index in [0.717, 1.165) is 55.3 Å². The van der Waals surface area contributed by atoms with Gasteiger partial charge >= 0.3 is 0 Å². The first-order valence-electron chi connectivity index (χ1n) is 9.85. The van der Waals surface area contributed by atoms with Gasteiger partial charge in [0.2, 0.25) is 5.95 Å². The lowest BCUT2D eigenvalue weighted by molar-refractivity contribution is 0.0973. The number of fused-ring (bicyclic) bond motifs is 1. The van der Waals surface area contributed by atoms with E-state index in [1.807, 2.05) is 22.9 Å². The highest BCUT2D eigenvalue weighted by Crippen LogP contribution is 2.42. The third kappa shape index (κ3) is 2.86. The maximum Gasteiger partial charge on any atom is 0.211 e. The zero-order chi connectivity index (χ0) is 20.2. The normalized spacial score (nSPS) is 23.9. The molecule has 2 aliphatic heterocycles. The van der Waals surface area contributed by atoms with Gasteiger partial charge in [-0.1, -0.05) is 11.6 Å². The summed E-state index contributed by atoms with van der Waals surface area (Å²) in [4.78, 5) is 15.6. The van der Waals surface area contributed by atoms with E-state index in [1.54, 1.807) is 12.4 Å². The maximum atomic E-state index is 6.45. The maximum absolute atomic E-state index is 6.45. The number of aromatic nitrogens is 4. The Bertz CT molecular complexity index is 1060. The van der Waals surface area contributed by atoms with Crippen molar-refractivity contribution in [1.82, 2.24) is 19.4 Å². The molecule has 0 unspecified atom stereocenters. The van der Waals surface area contributed by atoms with E-state index in [2.05, 4.69) is 21.8 Å². The highest BCUT2D eigenvalue weighted by Gasteiger charge is 2.47. The smallest absolute Gasteiger partial charge is 0.211 e. The van der Waals surface area contributed by atoms with Crippen LogP contribution in [0.3, 0.4) is 0 Å². The lowest BCUT2D eigenvalue weighted by atomic mass is 9.73. The van der Waals surface area contributed by atoms with Crippen LogP contribution in [0.2, 0.25) is 5.02 Å². The van der Waals surface area contributed by atoms with Gasteiger partial charge < -0.3 is 21.1 Å². The standard InChI is InChI=1S/C20H24ClN7O/c1-12-16(22)20(11-29-12)3-7-27(8-4-20)19-26-10-14(18-25-6-9-28(18)19)13-2-5-24-17(23)15(13)21/h2,5-6,9-10,12,16H,3-4,7-8,11,22H2,1H3,(H2,23,24)/t12-,16+/m0/s1. The van der Waals surface area contributed by atoms with Gasteiger partial charge in [0.1, 0.15) is 11.5 Å². The van der Waals surface area contributed by atoms with Crippen LogP contribution in [0.25, 0.3) is 16.8 Å². The molecule has 2 aliphatic rings. The van der Waals surface area contributed by atoms with Crippen molar-refractivity contribution in [3.8, 4) is 11.1 Å². The number of nitrogens with two attached hydrogens (primary N) is 2. The SMILES string of the molecule is C[C@@H]1OCC2(CCN(c3ncc(-c4ccnc(N)c4Cl)c4nccn34)CC2)[C@@H]1N. The minimum Gasteiger partial charge on any atom is -0.382 e. The first-order chi connectivity index (χ1) is 14.0. The molecule has 3 aromatic rings. The molecule has 8 nitrogen and oxygen atoms in total. The summed E-state index contributed by atoms with van der Waals surface area (Å²) >= 11 is 6.39. The van der Waals surface area contributed by atoms with E-state index < -0.39 is 0 Å². The highest BCUT2D eigenvalue weighted by molar-refractivity contribution is 6.35. The Kier molecular flexibility index (Phi) is 4.38. The molecule has 0 amide bonds. The van der Waals surface area contributed by atoms with Gasteiger partial charge in [-0.3, -0.25) is 4.40 Å². The Labute approximate surface area is 173 Å². The van der Waals surface area contributed by atoms with Gasteiger partial charge in [0.25, 0.3) is 0 Å². The van der Waals surface area contributed by atoms with Gasteiger partial charge in [0.05, 0.1) is 17.7 Å². The van der Waals surface area contributed by atoms with E-state index in [0.29, 0.717) is 10.8 Å². The molecule has 5 rings (SSSR count). The van der Waals surface area contributed by atoms with Gasteiger partial charge in [-0.05, 0) is 25.8 Å². The number of hydrogen-bond acceptors (Lipinski definition) is 7. The molecular formula is C20H24ClN7O. The predicted molar refractivity (Wildman–Crippen MR) is 113 cm³/mol. The molecule has 2 atom stereocenters. The van der Waals surface area contributed by atoms with Crippen molar-refractivity contribution in [3.63, 3.8) is 0 Å². The van der Waals surface area contributed by atoms with Gasteiger partial charge in [0, 0.05) is 60.5 Å². The third-order valence-electron chi connectivity index (χ3n) is 6.50. The number of piperidine rings is 1. The van der Waals surface area contributed by atoms with Crippen LogP contribution in [-0.4, -0.2) is 51.2 Å². The second kappa shape index (κ2) is 6.83. The molecule has 4 N–H and O–H groups in total. The van der Waals surface area contributed by atoms with Crippen LogP contribution in [0.5, 0.6) is 0 Å². The second-order valence-corrected chi connectivity index (χ2v) is 8.42. The van der Waals surface area contributed by atoms with Crippen LogP contribution in [0, 0.1) is 5.41 Å². The largest absolute Gasteiger partial charge is 0.382 e. The van der Waals surface area contributed by atoms with Crippen LogP contribution in [0.15, 0.2) is 30.9 Å². The minimum atomic E-state index is 0.0754. The fourth-order valence-electron chi connectivity index (χ4n) is 4.62. The lowest BCUT2D eigenvalue weighted by Gasteiger charge is -2.41. The van der Waals surface area contributed by atoms with Gasteiger partial charge in [-0.2, -0.15) is 0 Å². The number of pyridine rings is 1. The topological polar surface area (TPSA) is 108 Å². The lowest BCUT2D eigenvalue weighted by Crippen LogP contribution is -2.51. The number of nitrogens with zero attached hydrogens (tertiary/aromatic N) is 5. The van der Waals surface area contributed by atoms with E-state index >= 15 is 0 Å². The van der Waals surface area contributed by atoms with E-state index in [4.69, 9.17) is 32.8 Å². The van der Waals surface area contributed by atoms with Crippen LogP contribution in [-0.2, 0) is 4.74 Å². The molecule has 0 aliphatic carbocycles. The Balaban J connectivity index is 1.47. The number of hydrogen-bond donors (Lipinski definition) is 2. The number of ether oxygens (including phenoxy) is 1. The molecule has 0 radical (unpaired) electrons. The zero-order valence-electron chi connectivity index (χ0n) is 16.3. The summed E-state index contributed by atoms with van der Waals surface area (Å²) in [6.45, 7) is 4.58. The van der Waals surface area contributed by atoms with Gasteiger partial charge in [0.15, 0.2) is 0 Å². The first kappa shape index (κ1) is 18.6. The summed E-state index contributed by atoms with van der Waals surface area (Å²) in [5, 5.41) is 0.413. The fraction of sp³-hybridized carbons (Fsp3) is 0.450. The number of nitrogen functional groups attached to an aromatic ring is 1. The summed E-state index contributed by atoms with van der Waals surface area (Å²) < 4.78 is 7.85. The molecule has 2 fully saturated rings. The quantitative estimate of drug-likeness (QED) is 0.663. The molecule has 3 aromatic heterocycles. The van der Waals surface area contributed by atoms with Crippen molar-refractivity contribution < 1.29 is 4.74 Å². The van der Waals surface area contributed by atoms with Gasteiger partial charge in [-0.15, -0.1) is 0 Å². The fourth-order valence-corrected chi connectivity index (χ4v) is 4.84. The molecule has 0 aromatic carbocycles. The summed E-state index contributed by atoms with van der Waals surface area (Å²) in [7, 11) is 0. The molecule has 5 heterocycles. The van der Waals surface area contributed by atoms with E-state index in [1.165, 1.54) is 0 Å². The Morgan fingerprint density at radius 3 is 2.69 bits per heavy atom. The van der Waals surface area contributed by atoms with E-state index in [-0.39, 0.29) is 17.6 Å². The first-order valence-corrected chi connectivity index (χ1v) is 10.2. The summed E-state index contributed by atoms with van der Waals surface area (Å²) in [6, 6.07) is 1.92. The van der Waals surface area contributed by atoms with Crippen molar-refractivity contribution in [3.05, 3.63) is 35.9 Å². The van der Waals surface area contributed by atoms with Crippen molar-refractivity contribution in [2.24, 2.45) is 11.1 Å². The summed E-state index contributed by atoms with van der Waals surface area (Å²) in [5.74, 6) is 1.17. The van der Waals surface area contributed by atoms with Crippen molar-refractivity contribution in [2.45, 2.75) is 31.9 Å². The molecule has 0 bridgehead atoms. The van der Waals surface area contributed by atoms with Crippen LogP contribution >= 0.6 is 11.6 Å². The number of rotatable bonds is 2. The molecule has 2 saturated heterocycles. The number of imidazole rings is 1. The molecular weight excluding hydrogens is 390 g/mol. The summed E-state index contributed by atoms with van der Waals surface area (Å²) in [6.07, 6.45) is 9.26. The monoisotopic (exact) mass is 413 g/mol. The van der Waals surface area contributed by atoms with Crippen molar-refractivity contribution in [1.29, 1.82) is 0 Å². The average Bonchev–Trinajstić information content (AvgIpc) is 3.32. The number of anilines is 2. The van der Waals surface area contributed by atoms with Crippen LogP contribution in [0.4, 0.5) is 11.8 Å². The molecule has 152 valence electrons. The zero-order valence-corrected chi connectivity index (χ0v) is 17.0. The molecule has 1 spiro atoms. The molecule has 29 heavy (non-hydrogen) atoms. The summed E-state index contributed by atoms with van der Waals surface area (Å²) in [5.41, 5.74) is 14.8. The highest BCUT2D eigenvalue weighted by atomic mass is 35.5. The average molecular weight is 414 g/mol. The second-order valence-electron chi connectivity index (χ2n) is 8.04. The Hall–Kier alpha value is -2.42. The third-order valence-corrected chi connectivity index (χ3v) is 6.90. The number of halogens is 1. The van der Waals surface area contributed by atoms with Crippen molar-refractivity contribution >= 4 is 29.0 Å². The molecule has 0 saturated carbocycles. The van der Waals surface area contributed by atoms with Crippen LogP contribution < -0.4 is 16.4 Å². The minimum absolute atomic E-state index is 0.0754. The predicted octanol–water partition coefficient (Wildman–Crippen LogP) is 2.36. The van der Waals surface area contributed by atoms with Crippen molar-refractivity contribution in [2.75, 3.05) is 30.3 Å². The Morgan fingerprint density at radius 1 is 1.17 bits per heavy atom. The Morgan fingerprint density at radius 2 is 1.97 bits per heavy atom. The van der Waals surface area contributed by atoms with Gasteiger partial charge in [-0.25, -0.2) is 15.0 Å². The molecule has 9 heteroatoms. The van der Waals surface area contributed by atoms with Crippen LogP contribution in [0.1, 0.15) is 19.8 Å². The van der Waals surface area contributed by atoms with E-state index in [9.17, 15) is 0 Å².